The second-order valence-electron chi connectivity index (χ2n) is 3.51. The SMILES string of the molecule is Cc1csc(C(=O)c2ccc(N)cc2)c1Cl. The number of benzene rings is 1. The molecule has 16 heavy (non-hydrogen) atoms. The maximum Gasteiger partial charge on any atom is 0.204 e. The number of nitrogen functional groups attached to an aromatic ring is 1. The Kier molecular flexibility index (Phi) is 2.99. The van der Waals surface area contributed by atoms with Gasteiger partial charge in [0.05, 0.1) is 9.90 Å². The molecule has 1 heterocycles. The Bertz CT molecular complexity index is 530. The van der Waals surface area contributed by atoms with E-state index in [1.165, 1.54) is 11.3 Å². The predicted molar refractivity (Wildman–Crippen MR) is 68.4 cm³/mol. The quantitative estimate of drug-likeness (QED) is 0.656. The number of carbonyl (C=O) groups excluding carboxylic acids is 1. The molecule has 1 aromatic carbocycles. The van der Waals surface area contributed by atoms with Gasteiger partial charge >= 0.3 is 0 Å². The van der Waals surface area contributed by atoms with Crippen molar-refractivity contribution in [3.8, 4) is 0 Å². The van der Waals surface area contributed by atoms with Gasteiger partial charge in [0.2, 0.25) is 5.78 Å². The summed E-state index contributed by atoms with van der Waals surface area (Å²) >= 11 is 7.42. The van der Waals surface area contributed by atoms with Gasteiger partial charge in [0.1, 0.15) is 0 Å². The van der Waals surface area contributed by atoms with Crippen molar-refractivity contribution in [1.82, 2.24) is 0 Å². The number of ketones is 1. The van der Waals surface area contributed by atoms with E-state index >= 15 is 0 Å². The van der Waals surface area contributed by atoms with Gasteiger partial charge in [-0.15, -0.1) is 11.3 Å². The van der Waals surface area contributed by atoms with Crippen LogP contribution in [0.5, 0.6) is 0 Å². The summed E-state index contributed by atoms with van der Waals surface area (Å²) in [7, 11) is 0. The number of carbonyl (C=O) groups is 1. The van der Waals surface area contributed by atoms with E-state index in [0.717, 1.165) is 5.56 Å². The highest BCUT2D eigenvalue weighted by Gasteiger charge is 2.16. The molecule has 2 N–H and O–H groups in total. The van der Waals surface area contributed by atoms with Gasteiger partial charge < -0.3 is 5.73 Å². The molecule has 0 unspecified atom stereocenters. The Hall–Kier alpha value is -1.32. The fraction of sp³-hybridized carbons (Fsp3) is 0.0833. The normalized spacial score (nSPS) is 10.4. The first-order valence-corrected chi connectivity index (χ1v) is 5.99. The summed E-state index contributed by atoms with van der Waals surface area (Å²) < 4.78 is 0. The third kappa shape index (κ3) is 1.96. The number of aryl methyl sites for hydroxylation is 1. The average Bonchev–Trinajstić information content (AvgIpc) is 2.60. The van der Waals surface area contributed by atoms with Crippen molar-refractivity contribution in [3.05, 3.63) is 50.7 Å². The van der Waals surface area contributed by atoms with Gasteiger partial charge in [0, 0.05) is 11.3 Å². The van der Waals surface area contributed by atoms with E-state index in [0.29, 0.717) is 21.2 Å². The third-order valence-electron chi connectivity index (χ3n) is 2.28. The molecule has 4 heteroatoms. The summed E-state index contributed by atoms with van der Waals surface area (Å²) in [5, 5.41) is 2.43. The maximum absolute atomic E-state index is 12.1. The molecule has 2 nitrogen and oxygen atoms in total. The van der Waals surface area contributed by atoms with Crippen LogP contribution in [-0.2, 0) is 0 Å². The van der Waals surface area contributed by atoms with E-state index < -0.39 is 0 Å². The van der Waals surface area contributed by atoms with Crippen molar-refractivity contribution in [3.63, 3.8) is 0 Å². The van der Waals surface area contributed by atoms with Crippen molar-refractivity contribution in [2.24, 2.45) is 0 Å². The number of thiophene rings is 1. The van der Waals surface area contributed by atoms with Gasteiger partial charge in [-0.3, -0.25) is 4.79 Å². The van der Waals surface area contributed by atoms with Crippen LogP contribution < -0.4 is 5.73 Å². The van der Waals surface area contributed by atoms with Gasteiger partial charge in [0.25, 0.3) is 0 Å². The fourth-order valence-corrected chi connectivity index (χ4v) is 2.59. The van der Waals surface area contributed by atoms with E-state index in [1.54, 1.807) is 24.3 Å². The third-order valence-corrected chi connectivity index (χ3v) is 3.97. The molecule has 0 bridgehead atoms. The van der Waals surface area contributed by atoms with Crippen LogP contribution in [0.4, 0.5) is 5.69 Å². The standard InChI is InChI=1S/C12H10ClNOS/c1-7-6-16-12(10(7)13)11(15)8-2-4-9(14)5-3-8/h2-6H,14H2,1H3. The minimum Gasteiger partial charge on any atom is -0.399 e. The van der Waals surface area contributed by atoms with Gasteiger partial charge in [-0.25, -0.2) is 0 Å². The molecule has 0 spiro atoms. The smallest absolute Gasteiger partial charge is 0.204 e. The van der Waals surface area contributed by atoms with Crippen molar-refractivity contribution in [1.29, 1.82) is 0 Å². The maximum atomic E-state index is 12.1. The first-order valence-electron chi connectivity index (χ1n) is 4.73. The van der Waals surface area contributed by atoms with Crippen LogP contribution in [0.2, 0.25) is 5.02 Å². The lowest BCUT2D eigenvalue weighted by molar-refractivity contribution is 0.104. The van der Waals surface area contributed by atoms with Gasteiger partial charge in [-0.1, -0.05) is 11.6 Å². The number of hydrogen-bond acceptors (Lipinski definition) is 3. The lowest BCUT2D eigenvalue weighted by Gasteiger charge is -2.00. The molecule has 2 aromatic rings. The zero-order valence-electron chi connectivity index (χ0n) is 8.66. The summed E-state index contributed by atoms with van der Waals surface area (Å²) in [5.41, 5.74) is 7.75. The summed E-state index contributed by atoms with van der Waals surface area (Å²) in [4.78, 5) is 12.7. The minimum atomic E-state index is -0.0527. The van der Waals surface area contributed by atoms with E-state index in [2.05, 4.69) is 0 Å². The highest BCUT2D eigenvalue weighted by atomic mass is 35.5. The first kappa shape index (κ1) is 11.2. The Morgan fingerprint density at radius 2 is 1.94 bits per heavy atom. The Balaban J connectivity index is 2.39. The van der Waals surface area contributed by atoms with Crippen molar-refractivity contribution < 1.29 is 4.79 Å². The van der Waals surface area contributed by atoms with E-state index in [9.17, 15) is 4.79 Å². The van der Waals surface area contributed by atoms with Crippen LogP contribution in [0, 0.1) is 6.92 Å². The van der Waals surface area contributed by atoms with E-state index in [1.807, 2.05) is 12.3 Å². The minimum absolute atomic E-state index is 0.0527. The number of nitrogens with two attached hydrogens (primary N) is 1. The molecule has 0 amide bonds. The molecule has 0 aliphatic carbocycles. The molecule has 0 aliphatic rings. The second-order valence-corrected chi connectivity index (χ2v) is 4.77. The number of rotatable bonds is 2. The Morgan fingerprint density at radius 1 is 1.31 bits per heavy atom. The monoisotopic (exact) mass is 251 g/mol. The van der Waals surface area contributed by atoms with Crippen molar-refractivity contribution >= 4 is 34.4 Å². The number of anilines is 1. The molecule has 82 valence electrons. The van der Waals surface area contributed by atoms with E-state index in [-0.39, 0.29) is 5.78 Å². The molecule has 0 radical (unpaired) electrons. The molecular weight excluding hydrogens is 242 g/mol. The fourth-order valence-electron chi connectivity index (χ4n) is 1.35. The second kappa shape index (κ2) is 4.28. The molecule has 1 aromatic heterocycles. The summed E-state index contributed by atoms with van der Waals surface area (Å²) in [6.45, 7) is 1.89. The Labute approximate surface area is 103 Å². The van der Waals surface area contributed by atoms with Crippen LogP contribution >= 0.6 is 22.9 Å². The molecule has 2 rings (SSSR count). The molecule has 0 atom stereocenters. The van der Waals surface area contributed by atoms with Crippen LogP contribution in [0.25, 0.3) is 0 Å². The van der Waals surface area contributed by atoms with Crippen LogP contribution in [0.1, 0.15) is 20.8 Å². The molecule has 0 aliphatic heterocycles. The van der Waals surface area contributed by atoms with Gasteiger partial charge in [-0.05, 0) is 42.1 Å². The summed E-state index contributed by atoms with van der Waals surface area (Å²) in [6, 6.07) is 6.84. The molecule has 0 saturated heterocycles. The summed E-state index contributed by atoms with van der Waals surface area (Å²) in [5.74, 6) is -0.0527. The average molecular weight is 252 g/mol. The number of halogens is 1. The predicted octanol–water partition coefficient (Wildman–Crippen LogP) is 3.52. The van der Waals surface area contributed by atoms with Crippen LogP contribution in [0.15, 0.2) is 29.6 Å². The largest absolute Gasteiger partial charge is 0.399 e. The van der Waals surface area contributed by atoms with Crippen molar-refractivity contribution in [2.75, 3.05) is 5.73 Å². The van der Waals surface area contributed by atoms with E-state index in [4.69, 9.17) is 17.3 Å². The zero-order chi connectivity index (χ0) is 11.7. The summed E-state index contributed by atoms with van der Waals surface area (Å²) in [6.07, 6.45) is 0. The lowest BCUT2D eigenvalue weighted by atomic mass is 10.1. The zero-order valence-corrected chi connectivity index (χ0v) is 10.2. The van der Waals surface area contributed by atoms with Gasteiger partial charge in [0.15, 0.2) is 0 Å². The number of hydrogen-bond donors (Lipinski definition) is 1. The van der Waals surface area contributed by atoms with Crippen LogP contribution in [-0.4, -0.2) is 5.78 Å². The molecule has 0 saturated carbocycles. The Morgan fingerprint density at radius 3 is 2.44 bits per heavy atom. The van der Waals surface area contributed by atoms with Crippen molar-refractivity contribution in [2.45, 2.75) is 6.92 Å². The highest BCUT2D eigenvalue weighted by Crippen LogP contribution is 2.29. The molecule has 0 fully saturated rings. The molecular formula is C12H10ClNOS. The highest BCUT2D eigenvalue weighted by molar-refractivity contribution is 7.13. The lowest BCUT2D eigenvalue weighted by Crippen LogP contribution is -1.99. The first-order chi connectivity index (χ1) is 7.59. The van der Waals surface area contributed by atoms with Crippen LogP contribution in [0.3, 0.4) is 0 Å². The van der Waals surface area contributed by atoms with Gasteiger partial charge in [-0.2, -0.15) is 0 Å². The topological polar surface area (TPSA) is 43.1 Å².